The van der Waals surface area contributed by atoms with Crippen LogP contribution in [0.5, 0.6) is 0 Å². The van der Waals surface area contributed by atoms with E-state index in [-0.39, 0.29) is 10.8 Å². The SMILES string of the molecule is CC1CC[NH+](CC(=O)Nc2cccc(S(=O)(=O)N(C)c3ccccc3)c2)CC1. The summed E-state index contributed by atoms with van der Waals surface area (Å²) in [6.07, 6.45) is 2.28. The van der Waals surface area contributed by atoms with Crippen LogP contribution in [0, 0.1) is 5.92 Å². The molecule has 0 aromatic heterocycles. The van der Waals surface area contributed by atoms with Crippen LogP contribution in [0.15, 0.2) is 59.5 Å². The highest BCUT2D eigenvalue weighted by Gasteiger charge is 2.23. The lowest BCUT2D eigenvalue weighted by molar-refractivity contribution is -0.897. The molecule has 28 heavy (non-hydrogen) atoms. The third-order valence-electron chi connectivity index (χ3n) is 5.29. The number of sulfonamides is 1. The first-order valence-corrected chi connectivity index (χ1v) is 11.1. The van der Waals surface area contributed by atoms with E-state index in [9.17, 15) is 13.2 Å². The maximum absolute atomic E-state index is 12.9. The number of hydrogen-bond donors (Lipinski definition) is 2. The zero-order valence-corrected chi connectivity index (χ0v) is 17.2. The Morgan fingerprint density at radius 2 is 1.79 bits per heavy atom. The molecule has 1 fully saturated rings. The van der Waals surface area contributed by atoms with Gasteiger partial charge in [0.25, 0.3) is 15.9 Å². The minimum absolute atomic E-state index is 0.0875. The number of piperidine rings is 1. The second kappa shape index (κ2) is 8.75. The summed E-state index contributed by atoms with van der Waals surface area (Å²) in [6, 6.07) is 15.3. The van der Waals surface area contributed by atoms with Gasteiger partial charge in [0.15, 0.2) is 6.54 Å². The maximum Gasteiger partial charge on any atom is 0.279 e. The van der Waals surface area contributed by atoms with Gasteiger partial charge in [-0.3, -0.25) is 9.10 Å². The van der Waals surface area contributed by atoms with Crippen molar-refractivity contribution in [2.24, 2.45) is 5.92 Å². The Bertz CT molecular complexity index is 908. The molecule has 1 saturated heterocycles. The van der Waals surface area contributed by atoms with Crippen LogP contribution in [0.2, 0.25) is 0 Å². The Balaban J connectivity index is 1.68. The van der Waals surface area contributed by atoms with Crippen LogP contribution in [-0.4, -0.2) is 41.0 Å². The summed E-state index contributed by atoms with van der Waals surface area (Å²) in [7, 11) is -2.18. The van der Waals surface area contributed by atoms with Gasteiger partial charge >= 0.3 is 0 Å². The first-order valence-electron chi connectivity index (χ1n) is 9.64. The lowest BCUT2D eigenvalue weighted by atomic mass is 9.99. The number of anilines is 2. The van der Waals surface area contributed by atoms with Gasteiger partial charge in [0.05, 0.1) is 23.7 Å². The first-order chi connectivity index (χ1) is 13.4. The maximum atomic E-state index is 12.9. The molecule has 0 atom stereocenters. The van der Waals surface area contributed by atoms with Crippen molar-refractivity contribution in [2.75, 3.05) is 36.3 Å². The molecule has 7 heteroatoms. The minimum atomic E-state index is -3.71. The number of nitrogens with zero attached hydrogens (tertiary/aromatic N) is 1. The number of amides is 1. The van der Waals surface area contributed by atoms with E-state index in [0.717, 1.165) is 31.8 Å². The van der Waals surface area contributed by atoms with Crippen molar-refractivity contribution in [3.8, 4) is 0 Å². The molecule has 0 saturated carbocycles. The quantitative estimate of drug-likeness (QED) is 0.774. The molecule has 1 aliphatic heterocycles. The van der Waals surface area contributed by atoms with Crippen LogP contribution in [0.4, 0.5) is 11.4 Å². The van der Waals surface area contributed by atoms with Crippen molar-refractivity contribution in [3.05, 3.63) is 54.6 Å². The molecule has 0 unspecified atom stereocenters. The number of quaternary nitrogens is 1. The van der Waals surface area contributed by atoms with Crippen molar-refractivity contribution in [1.82, 2.24) is 0 Å². The summed E-state index contributed by atoms with van der Waals surface area (Å²) >= 11 is 0. The van der Waals surface area contributed by atoms with Crippen molar-refractivity contribution in [3.63, 3.8) is 0 Å². The minimum Gasteiger partial charge on any atom is -0.327 e. The summed E-state index contributed by atoms with van der Waals surface area (Å²) < 4.78 is 27.1. The van der Waals surface area contributed by atoms with Gasteiger partial charge in [0.1, 0.15) is 0 Å². The highest BCUT2D eigenvalue weighted by Crippen LogP contribution is 2.23. The predicted octanol–water partition coefficient (Wildman–Crippen LogP) is 1.77. The average Bonchev–Trinajstić information content (AvgIpc) is 2.70. The molecule has 6 nitrogen and oxygen atoms in total. The molecule has 150 valence electrons. The second-order valence-corrected chi connectivity index (χ2v) is 9.46. The highest BCUT2D eigenvalue weighted by molar-refractivity contribution is 7.92. The molecule has 1 amide bonds. The summed E-state index contributed by atoms with van der Waals surface area (Å²) in [5.74, 6) is 0.644. The average molecular weight is 403 g/mol. The van der Waals surface area contributed by atoms with Crippen LogP contribution in [0.1, 0.15) is 19.8 Å². The summed E-state index contributed by atoms with van der Waals surface area (Å²) in [5.41, 5.74) is 1.08. The number of para-hydroxylation sites is 1. The fraction of sp³-hybridized carbons (Fsp3) is 0.381. The Morgan fingerprint density at radius 3 is 2.46 bits per heavy atom. The molecular weight excluding hydrogens is 374 g/mol. The predicted molar refractivity (Wildman–Crippen MR) is 111 cm³/mol. The van der Waals surface area contributed by atoms with Gasteiger partial charge in [0, 0.05) is 12.7 Å². The van der Waals surface area contributed by atoms with Crippen molar-refractivity contribution in [2.45, 2.75) is 24.7 Å². The molecule has 0 aliphatic carbocycles. The van der Waals surface area contributed by atoms with Gasteiger partial charge in [-0.25, -0.2) is 8.42 Å². The van der Waals surface area contributed by atoms with Crippen molar-refractivity contribution < 1.29 is 18.1 Å². The van der Waals surface area contributed by atoms with E-state index in [1.807, 2.05) is 6.07 Å². The third-order valence-corrected chi connectivity index (χ3v) is 7.07. The molecule has 2 aromatic carbocycles. The highest BCUT2D eigenvalue weighted by atomic mass is 32.2. The zero-order chi connectivity index (χ0) is 20.1. The number of carbonyl (C=O) groups is 1. The van der Waals surface area contributed by atoms with Gasteiger partial charge < -0.3 is 10.2 Å². The van der Waals surface area contributed by atoms with Crippen molar-refractivity contribution in [1.29, 1.82) is 0 Å². The van der Waals surface area contributed by atoms with Crippen LogP contribution in [-0.2, 0) is 14.8 Å². The monoisotopic (exact) mass is 402 g/mol. The fourth-order valence-corrected chi connectivity index (χ4v) is 4.69. The number of likely N-dealkylation sites (tertiary alicyclic amines) is 1. The second-order valence-electron chi connectivity index (χ2n) is 7.49. The summed E-state index contributed by atoms with van der Waals surface area (Å²) in [6.45, 7) is 4.67. The standard InChI is InChI=1S/C21H27N3O3S/c1-17-11-13-24(14-12-17)16-21(25)22-18-7-6-10-20(15-18)28(26,27)23(2)19-8-4-3-5-9-19/h3-10,15,17H,11-14,16H2,1-2H3,(H,22,25)/p+1. The molecule has 0 radical (unpaired) electrons. The van der Waals surface area contributed by atoms with E-state index in [4.69, 9.17) is 0 Å². The van der Waals surface area contributed by atoms with Crippen LogP contribution >= 0.6 is 0 Å². The summed E-state index contributed by atoms with van der Waals surface area (Å²) in [5, 5.41) is 2.85. The van der Waals surface area contributed by atoms with Crippen LogP contribution < -0.4 is 14.5 Å². The Hall–Kier alpha value is -2.38. The topological polar surface area (TPSA) is 70.9 Å². The first kappa shape index (κ1) is 20.4. The molecule has 2 aromatic rings. The van der Waals surface area contributed by atoms with Gasteiger partial charge in [-0.05, 0) is 49.1 Å². The van der Waals surface area contributed by atoms with Gasteiger partial charge in [-0.15, -0.1) is 0 Å². The normalized spacial score (nSPS) is 19.8. The number of rotatable bonds is 6. The zero-order valence-electron chi connectivity index (χ0n) is 16.4. The number of benzene rings is 2. The Labute approximate surface area is 167 Å². The largest absolute Gasteiger partial charge is 0.327 e. The Kier molecular flexibility index (Phi) is 6.36. The molecule has 2 N–H and O–H groups in total. The Morgan fingerprint density at radius 1 is 1.11 bits per heavy atom. The fourth-order valence-electron chi connectivity index (χ4n) is 3.45. The summed E-state index contributed by atoms with van der Waals surface area (Å²) in [4.78, 5) is 13.8. The van der Waals surface area contributed by atoms with E-state index in [1.54, 1.807) is 42.5 Å². The van der Waals surface area contributed by atoms with Gasteiger partial charge in [-0.1, -0.05) is 31.2 Å². The number of nitrogens with one attached hydrogen (secondary N) is 2. The molecule has 0 bridgehead atoms. The van der Waals surface area contributed by atoms with Crippen LogP contribution in [0.25, 0.3) is 0 Å². The number of hydrogen-bond acceptors (Lipinski definition) is 3. The third kappa shape index (κ3) is 4.91. The van der Waals surface area contributed by atoms with Crippen molar-refractivity contribution >= 4 is 27.3 Å². The van der Waals surface area contributed by atoms with E-state index in [1.165, 1.54) is 22.3 Å². The van der Waals surface area contributed by atoms with E-state index < -0.39 is 10.0 Å². The van der Waals surface area contributed by atoms with Gasteiger partial charge in [0.2, 0.25) is 0 Å². The molecule has 0 spiro atoms. The van der Waals surface area contributed by atoms with E-state index in [0.29, 0.717) is 17.9 Å². The van der Waals surface area contributed by atoms with E-state index in [2.05, 4.69) is 12.2 Å². The molecule has 1 aliphatic rings. The smallest absolute Gasteiger partial charge is 0.279 e. The van der Waals surface area contributed by atoms with Crippen LogP contribution in [0.3, 0.4) is 0 Å². The molecule has 1 heterocycles. The number of carbonyl (C=O) groups excluding carboxylic acids is 1. The lowest BCUT2D eigenvalue weighted by Crippen LogP contribution is -3.14. The van der Waals surface area contributed by atoms with Gasteiger partial charge in [-0.2, -0.15) is 0 Å². The van der Waals surface area contributed by atoms with E-state index >= 15 is 0 Å². The lowest BCUT2D eigenvalue weighted by Gasteiger charge is -2.26. The molecular formula is C21H28N3O3S+. The molecule has 3 rings (SSSR count).